The minimum atomic E-state index is -0.0870. The molecule has 1 fully saturated rings. The highest BCUT2D eigenvalue weighted by Gasteiger charge is 2.42. The van der Waals surface area contributed by atoms with Gasteiger partial charge in [0.15, 0.2) is 0 Å². The van der Waals surface area contributed by atoms with Crippen LogP contribution < -0.4 is 15.8 Å². The minimum Gasteiger partial charge on any atom is -0.496 e. The number of anilines is 1. The Morgan fingerprint density at radius 3 is 2.90 bits per heavy atom. The first-order chi connectivity index (χ1) is 10.1. The highest BCUT2D eigenvalue weighted by atomic mass is 32.2. The standard InChI is InChI=1S/C15H18N2O2S2/c1-19-9-4-3-5-10-11(9)12(16)13(21-10)14(18)17-8-15(20-2)6-7-15/h3-5H,6-8,16H2,1-2H3,(H,17,18). The Morgan fingerprint density at radius 2 is 2.29 bits per heavy atom. The average molecular weight is 322 g/mol. The summed E-state index contributed by atoms with van der Waals surface area (Å²) in [5.41, 5.74) is 6.68. The number of carbonyl (C=O) groups is 1. The summed E-state index contributed by atoms with van der Waals surface area (Å²) in [6.45, 7) is 0.706. The summed E-state index contributed by atoms with van der Waals surface area (Å²) >= 11 is 3.24. The van der Waals surface area contributed by atoms with Crippen molar-refractivity contribution in [2.45, 2.75) is 17.6 Å². The summed E-state index contributed by atoms with van der Waals surface area (Å²) in [6.07, 6.45) is 4.44. The van der Waals surface area contributed by atoms with Crippen molar-refractivity contribution >= 4 is 44.8 Å². The van der Waals surface area contributed by atoms with Gasteiger partial charge in [-0.1, -0.05) is 6.07 Å². The Kier molecular flexibility index (Phi) is 3.75. The fourth-order valence-electron chi connectivity index (χ4n) is 2.39. The molecule has 0 bridgehead atoms. The maximum absolute atomic E-state index is 12.4. The number of thioether (sulfide) groups is 1. The number of hydrogen-bond acceptors (Lipinski definition) is 5. The number of amides is 1. The quantitative estimate of drug-likeness (QED) is 0.888. The molecule has 2 aromatic rings. The Balaban J connectivity index is 1.86. The van der Waals surface area contributed by atoms with Crippen LogP contribution in [0.4, 0.5) is 5.69 Å². The first-order valence-corrected chi connectivity index (χ1v) is 8.83. The van der Waals surface area contributed by atoms with E-state index in [2.05, 4.69) is 11.6 Å². The van der Waals surface area contributed by atoms with E-state index in [1.807, 2.05) is 30.0 Å². The van der Waals surface area contributed by atoms with E-state index in [0.717, 1.165) is 10.1 Å². The van der Waals surface area contributed by atoms with Crippen molar-refractivity contribution in [1.29, 1.82) is 0 Å². The van der Waals surface area contributed by atoms with Crippen molar-refractivity contribution in [3.8, 4) is 5.75 Å². The number of thiophene rings is 1. The zero-order chi connectivity index (χ0) is 15.0. The topological polar surface area (TPSA) is 64.3 Å². The maximum atomic E-state index is 12.4. The number of rotatable bonds is 5. The Labute approximate surface area is 132 Å². The third kappa shape index (κ3) is 2.58. The molecule has 4 nitrogen and oxygen atoms in total. The van der Waals surface area contributed by atoms with Crippen molar-refractivity contribution in [2.75, 3.05) is 25.6 Å². The van der Waals surface area contributed by atoms with Gasteiger partial charge in [0.05, 0.1) is 18.2 Å². The van der Waals surface area contributed by atoms with Gasteiger partial charge in [-0.25, -0.2) is 0 Å². The molecule has 3 rings (SSSR count). The molecule has 0 unspecified atom stereocenters. The van der Waals surface area contributed by atoms with E-state index < -0.39 is 0 Å². The molecule has 0 radical (unpaired) electrons. The number of nitrogens with two attached hydrogens (primary N) is 1. The van der Waals surface area contributed by atoms with E-state index in [9.17, 15) is 4.79 Å². The summed E-state index contributed by atoms with van der Waals surface area (Å²) in [7, 11) is 1.61. The largest absolute Gasteiger partial charge is 0.496 e. The molecule has 6 heteroatoms. The molecule has 1 aromatic carbocycles. The number of carbonyl (C=O) groups excluding carboxylic acids is 1. The van der Waals surface area contributed by atoms with Crippen molar-refractivity contribution < 1.29 is 9.53 Å². The van der Waals surface area contributed by atoms with Gasteiger partial charge in [-0.15, -0.1) is 11.3 Å². The number of nitrogens with one attached hydrogen (secondary N) is 1. The smallest absolute Gasteiger partial charge is 0.263 e. The van der Waals surface area contributed by atoms with Gasteiger partial charge in [-0.05, 0) is 31.2 Å². The van der Waals surface area contributed by atoms with Crippen LogP contribution in [-0.4, -0.2) is 30.6 Å². The van der Waals surface area contributed by atoms with Crippen LogP contribution in [0.1, 0.15) is 22.5 Å². The highest BCUT2D eigenvalue weighted by Crippen LogP contribution is 2.46. The fourth-order valence-corrected chi connectivity index (χ4v) is 4.18. The van der Waals surface area contributed by atoms with Crippen molar-refractivity contribution in [3.63, 3.8) is 0 Å². The molecule has 1 aliphatic rings. The highest BCUT2D eigenvalue weighted by molar-refractivity contribution is 8.00. The van der Waals surface area contributed by atoms with E-state index in [4.69, 9.17) is 10.5 Å². The van der Waals surface area contributed by atoms with Gasteiger partial charge in [-0.3, -0.25) is 4.79 Å². The maximum Gasteiger partial charge on any atom is 0.263 e. The number of methoxy groups -OCH3 is 1. The number of fused-ring (bicyclic) bond motifs is 1. The molecular weight excluding hydrogens is 304 g/mol. The minimum absolute atomic E-state index is 0.0870. The van der Waals surface area contributed by atoms with E-state index >= 15 is 0 Å². The number of ether oxygens (including phenoxy) is 1. The molecule has 1 aliphatic carbocycles. The molecule has 1 heterocycles. The van der Waals surface area contributed by atoms with Crippen LogP contribution in [0.5, 0.6) is 5.75 Å². The second-order valence-electron chi connectivity index (χ2n) is 5.25. The Morgan fingerprint density at radius 1 is 1.52 bits per heavy atom. The van der Waals surface area contributed by atoms with Gasteiger partial charge >= 0.3 is 0 Å². The molecule has 1 saturated carbocycles. The number of benzene rings is 1. The van der Waals surface area contributed by atoms with Crippen molar-refractivity contribution in [2.24, 2.45) is 0 Å². The van der Waals surface area contributed by atoms with Gasteiger partial charge in [-0.2, -0.15) is 11.8 Å². The molecule has 0 aliphatic heterocycles. The monoisotopic (exact) mass is 322 g/mol. The average Bonchev–Trinajstić information content (AvgIpc) is 3.22. The van der Waals surface area contributed by atoms with Crippen molar-refractivity contribution in [3.05, 3.63) is 23.1 Å². The lowest BCUT2D eigenvalue weighted by molar-refractivity contribution is 0.0958. The fraction of sp³-hybridized carbons (Fsp3) is 0.400. The SMILES string of the molecule is COc1cccc2sc(C(=O)NCC3(SC)CC3)c(N)c12. The lowest BCUT2D eigenvalue weighted by Crippen LogP contribution is -2.31. The molecule has 1 aromatic heterocycles. The predicted octanol–water partition coefficient (Wildman–Crippen LogP) is 3.12. The molecule has 0 atom stereocenters. The van der Waals surface area contributed by atoms with Gasteiger partial charge in [0.25, 0.3) is 5.91 Å². The van der Waals surface area contributed by atoms with E-state index in [1.54, 1.807) is 7.11 Å². The van der Waals surface area contributed by atoms with Crippen LogP contribution in [0.15, 0.2) is 18.2 Å². The molecule has 0 spiro atoms. The van der Waals surface area contributed by atoms with Gasteiger partial charge in [0.1, 0.15) is 10.6 Å². The lowest BCUT2D eigenvalue weighted by Gasteiger charge is -2.12. The first kappa shape index (κ1) is 14.5. The first-order valence-electron chi connectivity index (χ1n) is 6.78. The van der Waals surface area contributed by atoms with Crippen LogP contribution in [-0.2, 0) is 0 Å². The van der Waals surface area contributed by atoms with Crippen LogP contribution in [0.3, 0.4) is 0 Å². The van der Waals surface area contributed by atoms with Crippen LogP contribution in [0.25, 0.3) is 10.1 Å². The van der Waals surface area contributed by atoms with E-state index in [1.165, 1.54) is 24.2 Å². The molecule has 1 amide bonds. The third-order valence-electron chi connectivity index (χ3n) is 3.95. The lowest BCUT2D eigenvalue weighted by atomic mass is 10.2. The van der Waals surface area contributed by atoms with Gasteiger partial charge in [0, 0.05) is 16.0 Å². The van der Waals surface area contributed by atoms with Crippen molar-refractivity contribution in [1.82, 2.24) is 5.32 Å². The number of hydrogen-bond donors (Lipinski definition) is 2. The predicted molar refractivity (Wildman–Crippen MR) is 90.6 cm³/mol. The summed E-state index contributed by atoms with van der Waals surface area (Å²) < 4.78 is 6.56. The third-order valence-corrected chi connectivity index (χ3v) is 6.54. The Hall–Kier alpha value is -1.40. The van der Waals surface area contributed by atoms with Crippen LogP contribution in [0, 0.1) is 0 Å². The number of nitrogen functional groups attached to an aromatic ring is 1. The Bertz CT molecular complexity index is 692. The molecule has 3 N–H and O–H groups in total. The zero-order valence-electron chi connectivity index (χ0n) is 12.1. The summed E-state index contributed by atoms with van der Waals surface area (Å²) in [5, 5.41) is 3.86. The second kappa shape index (κ2) is 5.42. The van der Waals surface area contributed by atoms with Gasteiger partial charge in [0.2, 0.25) is 0 Å². The molecule has 112 valence electrons. The summed E-state index contributed by atoms with van der Waals surface area (Å²) in [4.78, 5) is 13.0. The molecule has 21 heavy (non-hydrogen) atoms. The van der Waals surface area contributed by atoms with Crippen LogP contribution >= 0.6 is 23.1 Å². The van der Waals surface area contributed by atoms with Gasteiger partial charge < -0.3 is 15.8 Å². The molecular formula is C15H18N2O2S2. The van der Waals surface area contributed by atoms with E-state index in [0.29, 0.717) is 22.9 Å². The zero-order valence-corrected chi connectivity index (χ0v) is 13.7. The van der Waals surface area contributed by atoms with E-state index in [-0.39, 0.29) is 10.7 Å². The summed E-state index contributed by atoms with van der Waals surface area (Å²) in [5.74, 6) is 0.624. The van der Waals surface area contributed by atoms with Crippen LogP contribution in [0.2, 0.25) is 0 Å². The normalized spacial score (nSPS) is 15.9. The summed E-state index contributed by atoms with van der Waals surface area (Å²) in [6, 6.07) is 5.73. The second-order valence-corrected chi connectivity index (χ2v) is 7.57. The molecule has 0 saturated heterocycles.